The Balaban J connectivity index is 1.82. The summed E-state index contributed by atoms with van der Waals surface area (Å²) in [7, 11) is -5.58. The van der Waals surface area contributed by atoms with E-state index in [1.54, 1.807) is 0 Å². The number of hydrogen-bond acceptors (Lipinski definition) is 5. The predicted molar refractivity (Wildman–Crippen MR) is 72.5 cm³/mol. The predicted octanol–water partition coefficient (Wildman–Crippen LogP) is 2.91. The van der Waals surface area contributed by atoms with Crippen LogP contribution in [0.1, 0.15) is 38.5 Å². The number of esters is 1. The molecule has 0 spiro atoms. The Hall–Kier alpha value is -0.900. The van der Waals surface area contributed by atoms with E-state index in [1.807, 2.05) is 0 Å². The minimum atomic E-state index is -5.92. The van der Waals surface area contributed by atoms with Crippen LogP contribution in [0.3, 0.4) is 0 Å². The highest BCUT2D eigenvalue weighted by molar-refractivity contribution is 7.87. The van der Waals surface area contributed by atoms with Crippen LogP contribution >= 0.6 is 0 Å². The molecule has 10 heteroatoms. The summed E-state index contributed by atoms with van der Waals surface area (Å²) in [5.74, 6) is -0.806. The highest BCUT2D eigenvalue weighted by Crippen LogP contribution is 2.61. The van der Waals surface area contributed by atoms with Gasteiger partial charge in [0.15, 0.2) is 0 Å². The van der Waals surface area contributed by atoms with Gasteiger partial charge in [-0.05, 0) is 56.3 Å². The van der Waals surface area contributed by atoms with Gasteiger partial charge in [-0.2, -0.15) is 26.0 Å². The molecular formula is C14H18F4O5S. The summed E-state index contributed by atoms with van der Waals surface area (Å²) in [6.07, 6.45) is -1.77. The number of ether oxygens (including phenoxy) is 1. The van der Waals surface area contributed by atoms with E-state index in [1.165, 1.54) is 0 Å². The lowest BCUT2D eigenvalue weighted by Crippen LogP contribution is -2.55. The second-order valence-corrected chi connectivity index (χ2v) is 9.00. The number of carbonyl (C=O) groups excluding carboxylic acids is 1. The molecule has 4 fully saturated rings. The molecule has 0 saturated heterocycles. The average molecular weight is 374 g/mol. The molecule has 4 aliphatic rings. The monoisotopic (exact) mass is 374 g/mol. The van der Waals surface area contributed by atoms with Crippen molar-refractivity contribution in [2.45, 2.75) is 49.9 Å². The van der Waals surface area contributed by atoms with E-state index in [-0.39, 0.29) is 17.8 Å². The van der Waals surface area contributed by atoms with Gasteiger partial charge < -0.3 is 4.74 Å². The summed E-state index contributed by atoms with van der Waals surface area (Å²) in [6.45, 7) is 0. The van der Waals surface area contributed by atoms with E-state index in [0.29, 0.717) is 26.4 Å². The van der Waals surface area contributed by atoms with Crippen molar-refractivity contribution in [1.29, 1.82) is 0 Å². The minimum absolute atomic E-state index is 0.209. The number of halogens is 4. The van der Waals surface area contributed by atoms with E-state index in [4.69, 9.17) is 0 Å². The van der Waals surface area contributed by atoms with Crippen LogP contribution in [0.2, 0.25) is 0 Å². The zero-order valence-electron chi connectivity index (χ0n) is 12.9. The average Bonchev–Trinajstić information content (AvgIpc) is 2.44. The maximum atomic E-state index is 13.8. The second-order valence-electron chi connectivity index (χ2n) is 7.24. The molecular weight excluding hydrogens is 356 g/mol. The van der Waals surface area contributed by atoms with E-state index in [0.717, 1.165) is 19.3 Å². The van der Waals surface area contributed by atoms with Gasteiger partial charge in [-0.25, -0.2) is 0 Å². The van der Waals surface area contributed by atoms with Gasteiger partial charge in [0.25, 0.3) is 0 Å². The standard InChI is InChI=1S/C14H18F4O5S/c1-22-24(20,21)14(17,18)13(15,16)23-11(19)12-5-8-2-9(6-12)4-10(3-8)7-12/h8-10H,2-7H2,1H3. The lowest BCUT2D eigenvalue weighted by Gasteiger charge is -2.55. The fourth-order valence-corrected chi connectivity index (χ4v) is 5.44. The Labute approximate surface area is 136 Å². The lowest BCUT2D eigenvalue weighted by molar-refractivity contribution is -0.309. The summed E-state index contributed by atoms with van der Waals surface area (Å²) in [5.41, 5.74) is -1.20. The van der Waals surface area contributed by atoms with Crippen LogP contribution in [0, 0.1) is 23.2 Å². The number of hydrogen-bond donors (Lipinski definition) is 0. The number of alkyl halides is 4. The maximum Gasteiger partial charge on any atom is 0.485 e. The van der Waals surface area contributed by atoms with Crippen molar-refractivity contribution < 1.29 is 39.7 Å². The van der Waals surface area contributed by atoms with Crippen LogP contribution in [0.4, 0.5) is 17.6 Å². The molecule has 4 aliphatic carbocycles. The maximum absolute atomic E-state index is 13.8. The summed E-state index contributed by atoms with van der Waals surface area (Å²) in [6, 6.07) is 0. The van der Waals surface area contributed by atoms with Crippen molar-refractivity contribution in [2.24, 2.45) is 23.2 Å². The Morgan fingerprint density at radius 1 is 1.00 bits per heavy atom. The smallest absolute Gasteiger partial charge is 0.395 e. The number of rotatable bonds is 5. The molecule has 0 aromatic rings. The van der Waals surface area contributed by atoms with Crippen LogP contribution in [0.15, 0.2) is 0 Å². The Bertz CT molecular complexity index is 610. The molecule has 0 aromatic carbocycles. The van der Waals surface area contributed by atoms with Crippen molar-refractivity contribution in [3.05, 3.63) is 0 Å². The fourth-order valence-electron chi connectivity index (χ4n) is 4.89. The van der Waals surface area contributed by atoms with Gasteiger partial charge in [0.05, 0.1) is 12.5 Å². The molecule has 0 radical (unpaired) electrons. The third kappa shape index (κ3) is 2.53. The van der Waals surface area contributed by atoms with Crippen LogP contribution in [0.5, 0.6) is 0 Å². The van der Waals surface area contributed by atoms with Crippen molar-refractivity contribution in [2.75, 3.05) is 7.11 Å². The molecule has 0 N–H and O–H groups in total. The van der Waals surface area contributed by atoms with Crippen molar-refractivity contribution in [3.63, 3.8) is 0 Å². The van der Waals surface area contributed by atoms with Gasteiger partial charge in [0.1, 0.15) is 0 Å². The molecule has 0 heterocycles. The van der Waals surface area contributed by atoms with Gasteiger partial charge >= 0.3 is 27.5 Å². The Kier molecular flexibility index (Phi) is 3.95. The van der Waals surface area contributed by atoms with E-state index >= 15 is 0 Å². The van der Waals surface area contributed by atoms with E-state index in [9.17, 15) is 30.8 Å². The first-order valence-corrected chi connectivity index (χ1v) is 9.12. The highest BCUT2D eigenvalue weighted by atomic mass is 32.2. The first-order chi connectivity index (χ1) is 10.9. The van der Waals surface area contributed by atoms with Crippen molar-refractivity contribution in [1.82, 2.24) is 0 Å². The SMILES string of the molecule is COS(=O)(=O)C(F)(F)C(F)(F)OC(=O)C12CC3CC(CC(C3)C1)C2. The molecule has 0 aliphatic heterocycles. The lowest BCUT2D eigenvalue weighted by atomic mass is 9.49. The molecule has 138 valence electrons. The zero-order valence-corrected chi connectivity index (χ0v) is 13.8. The summed E-state index contributed by atoms with van der Waals surface area (Å²) in [5, 5.41) is -5.66. The Morgan fingerprint density at radius 2 is 1.42 bits per heavy atom. The van der Waals surface area contributed by atoms with Gasteiger partial charge in [0, 0.05) is 0 Å². The fraction of sp³-hybridized carbons (Fsp3) is 0.929. The second kappa shape index (κ2) is 5.30. The van der Waals surface area contributed by atoms with Gasteiger partial charge in [-0.15, -0.1) is 0 Å². The molecule has 4 bridgehead atoms. The van der Waals surface area contributed by atoms with Crippen molar-refractivity contribution in [3.8, 4) is 0 Å². The van der Waals surface area contributed by atoms with E-state index in [2.05, 4.69) is 8.92 Å². The summed E-state index contributed by atoms with van der Waals surface area (Å²) >= 11 is 0. The van der Waals surface area contributed by atoms with Crippen LogP contribution in [-0.2, 0) is 23.8 Å². The van der Waals surface area contributed by atoms with Crippen LogP contribution < -0.4 is 0 Å². The molecule has 24 heavy (non-hydrogen) atoms. The molecule has 4 saturated carbocycles. The van der Waals surface area contributed by atoms with E-state index < -0.39 is 32.9 Å². The molecule has 4 rings (SSSR count). The highest BCUT2D eigenvalue weighted by Gasteiger charge is 2.71. The first kappa shape index (κ1) is 17.9. The molecule has 0 atom stereocenters. The summed E-state index contributed by atoms with van der Waals surface area (Å²) < 4.78 is 84.1. The largest absolute Gasteiger partial charge is 0.485 e. The molecule has 0 amide bonds. The van der Waals surface area contributed by atoms with Crippen molar-refractivity contribution >= 4 is 16.1 Å². The van der Waals surface area contributed by atoms with Gasteiger partial charge in [-0.1, -0.05) is 0 Å². The quantitative estimate of drug-likeness (QED) is 0.420. The summed E-state index contributed by atoms with van der Waals surface area (Å²) in [4.78, 5) is 12.3. The first-order valence-electron chi connectivity index (χ1n) is 7.72. The topological polar surface area (TPSA) is 69.7 Å². The molecule has 0 aromatic heterocycles. The third-order valence-corrected chi connectivity index (χ3v) is 6.87. The van der Waals surface area contributed by atoms with Crippen LogP contribution in [0.25, 0.3) is 0 Å². The van der Waals surface area contributed by atoms with Crippen LogP contribution in [-0.4, -0.2) is 32.9 Å². The minimum Gasteiger partial charge on any atom is -0.395 e. The third-order valence-electron chi connectivity index (χ3n) is 5.56. The zero-order chi connectivity index (χ0) is 18.0. The Morgan fingerprint density at radius 3 is 1.79 bits per heavy atom. The molecule has 5 nitrogen and oxygen atoms in total. The normalized spacial score (nSPS) is 36.0. The molecule has 0 unspecified atom stereocenters. The van der Waals surface area contributed by atoms with Gasteiger partial charge in [-0.3, -0.25) is 8.98 Å². The van der Waals surface area contributed by atoms with Gasteiger partial charge in [0.2, 0.25) is 0 Å². The number of carbonyl (C=O) groups is 1.